The molecule has 3 amide bonds. The maximum atomic E-state index is 11.7. The number of nitrogens with one attached hydrogen (secondary N) is 1. The molecule has 1 aliphatic heterocycles. The monoisotopic (exact) mass is 296 g/mol. The third-order valence-electron chi connectivity index (χ3n) is 2.85. The van der Waals surface area contributed by atoms with Crippen LogP contribution in [0.4, 0.5) is 5.69 Å². The van der Waals surface area contributed by atoms with E-state index in [4.69, 9.17) is 5.11 Å². The van der Waals surface area contributed by atoms with Crippen LogP contribution in [0, 0.1) is 0 Å². The molecule has 8 heteroatoms. The number of aromatic carboxylic acids is 1. The first-order chi connectivity index (χ1) is 9.49. The minimum atomic E-state index is -1.11. The highest BCUT2D eigenvalue weighted by molar-refractivity contribution is 7.12. The summed E-state index contributed by atoms with van der Waals surface area (Å²) in [5.74, 6) is -2.09. The van der Waals surface area contributed by atoms with Crippen molar-refractivity contribution in [2.24, 2.45) is 0 Å². The molecular weight excluding hydrogens is 284 g/mol. The Hall–Kier alpha value is -2.22. The van der Waals surface area contributed by atoms with Crippen LogP contribution < -0.4 is 5.32 Å². The number of rotatable bonds is 5. The topological polar surface area (TPSA) is 104 Å². The van der Waals surface area contributed by atoms with Gasteiger partial charge in [0.05, 0.1) is 5.69 Å². The minimum Gasteiger partial charge on any atom is -0.477 e. The molecule has 2 heterocycles. The van der Waals surface area contributed by atoms with Gasteiger partial charge in [0.1, 0.15) is 4.88 Å². The smallest absolute Gasteiger partial charge is 0.348 e. The second kappa shape index (κ2) is 5.83. The Labute approximate surface area is 118 Å². The highest BCUT2D eigenvalue weighted by Crippen LogP contribution is 2.22. The van der Waals surface area contributed by atoms with Crippen molar-refractivity contribution in [2.75, 3.05) is 11.9 Å². The van der Waals surface area contributed by atoms with Crippen LogP contribution in [0.15, 0.2) is 11.4 Å². The average Bonchev–Trinajstić information content (AvgIpc) is 2.95. The van der Waals surface area contributed by atoms with Crippen molar-refractivity contribution >= 4 is 40.7 Å². The third kappa shape index (κ3) is 3.02. The Morgan fingerprint density at radius 2 is 1.95 bits per heavy atom. The van der Waals surface area contributed by atoms with E-state index in [-0.39, 0.29) is 48.2 Å². The number of carboxylic acid groups (broad SMARTS) is 1. The standard InChI is InChI=1S/C12H12N2O5S/c15-8(3-5-14-9(16)1-2-10(14)17)13-7-4-6-20-11(7)12(18)19/h4,6H,1-3,5H2,(H,13,15)(H,18,19). The zero-order chi connectivity index (χ0) is 14.7. The van der Waals surface area contributed by atoms with Crippen molar-refractivity contribution in [3.8, 4) is 0 Å². The van der Waals surface area contributed by atoms with Gasteiger partial charge in [0, 0.05) is 25.8 Å². The van der Waals surface area contributed by atoms with E-state index in [0.29, 0.717) is 0 Å². The molecule has 2 N–H and O–H groups in total. The molecule has 0 saturated carbocycles. The molecule has 106 valence electrons. The fourth-order valence-corrected chi connectivity index (χ4v) is 2.56. The van der Waals surface area contributed by atoms with Crippen molar-refractivity contribution < 1.29 is 24.3 Å². The third-order valence-corrected chi connectivity index (χ3v) is 3.75. The van der Waals surface area contributed by atoms with Crippen LogP contribution in [0.3, 0.4) is 0 Å². The number of thiophene rings is 1. The van der Waals surface area contributed by atoms with E-state index in [1.807, 2.05) is 0 Å². The van der Waals surface area contributed by atoms with E-state index >= 15 is 0 Å². The zero-order valence-corrected chi connectivity index (χ0v) is 11.2. The molecule has 1 saturated heterocycles. The Kier molecular flexibility index (Phi) is 4.14. The Morgan fingerprint density at radius 3 is 2.55 bits per heavy atom. The summed E-state index contributed by atoms with van der Waals surface area (Å²) in [6.07, 6.45) is 0.328. The van der Waals surface area contributed by atoms with Gasteiger partial charge in [0.15, 0.2) is 0 Å². The molecule has 0 bridgehead atoms. The SMILES string of the molecule is O=C(CCN1C(=O)CCC1=O)Nc1ccsc1C(=O)O. The van der Waals surface area contributed by atoms with Gasteiger partial charge in [0.25, 0.3) is 0 Å². The highest BCUT2D eigenvalue weighted by atomic mass is 32.1. The Morgan fingerprint density at radius 1 is 1.30 bits per heavy atom. The Bertz CT molecular complexity index is 564. The number of likely N-dealkylation sites (tertiary alicyclic amines) is 1. The number of imide groups is 1. The summed E-state index contributed by atoms with van der Waals surface area (Å²) in [5.41, 5.74) is 0.228. The molecule has 1 aromatic rings. The maximum Gasteiger partial charge on any atom is 0.348 e. The lowest BCUT2D eigenvalue weighted by Gasteiger charge is -2.13. The summed E-state index contributed by atoms with van der Waals surface area (Å²) >= 11 is 1.01. The molecule has 0 atom stereocenters. The van der Waals surface area contributed by atoms with E-state index in [9.17, 15) is 19.2 Å². The van der Waals surface area contributed by atoms with Crippen molar-refractivity contribution in [3.05, 3.63) is 16.3 Å². The lowest BCUT2D eigenvalue weighted by Crippen LogP contribution is -2.32. The first-order valence-electron chi connectivity index (χ1n) is 5.93. The number of anilines is 1. The van der Waals surface area contributed by atoms with E-state index < -0.39 is 11.9 Å². The lowest BCUT2D eigenvalue weighted by molar-refractivity contribution is -0.138. The molecule has 2 rings (SSSR count). The summed E-state index contributed by atoms with van der Waals surface area (Å²) in [6, 6.07) is 1.50. The molecule has 0 unspecified atom stereocenters. The van der Waals surface area contributed by atoms with Crippen LogP contribution in [0.2, 0.25) is 0 Å². The zero-order valence-electron chi connectivity index (χ0n) is 10.4. The summed E-state index contributed by atoms with van der Waals surface area (Å²) in [7, 11) is 0. The quantitative estimate of drug-likeness (QED) is 0.786. The molecule has 0 aliphatic carbocycles. The van der Waals surface area contributed by atoms with Crippen LogP contribution in [0.25, 0.3) is 0 Å². The number of hydrogen-bond acceptors (Lipinski definition) is 5. The summed E-state index contributed by atoms with van der Waals surface area (Å²) in [6.45, 7) is 0.0239. The largest absolute Gasteiger partial charge is 0.477 e. The van der Waals surface area contributed by atoms with Crippen LogP contribution in [-0.2, 0) is 14.4 Å². The molecule has 0 radical (unpaired) electrons. The average molecular weight is 296 g/mol. The van der Waals surface area contributed by atoms with Crippen molar-refractivity contribution in [2.45, 2.75) is 19.3 Å². The van der Waals surface area contributed by atoms with Crippen LogP contribution in [0.1, 0.15) is 28.9 Å². The fraction of sp³-hybridized carbons (Fsp3) is 0.333. The van der Waals surface area contributed by atoms with Crippen molar-refractivity contribution in [1.29, 1.82) is 0 Å². The second-order valence-corrected chi connectivity index (χ2v) is 5.12. The molecule has 0 aromatic carbocycles. The van der Waals surface area contributed by atoms with Gasteiger partial charge in [-0.1, -0.05) is 0 Å². The fourth-order valence-electron chi connectivity index (χ4n) is 1.87. The summed E-state index contributed by atoms with van der Waals surface area (Å²) in [4.78, 5) is 46.4. The maximum absolute atomic E-state index is 11.7. The lowest BCUT2D eigenvalue weighted by atomic mass is 10.3. The van der Waals surface area contributed by atoms with Gasteiger partial charge in [-0.25, -0.2) is 4.79 Å². The first-order valence-corrected chi connectivity index (χ1v) is 6.81. The number of carboxylic acids is 1. The van der Waals surface area contributed by atoms with Crippen molar-refractivity contribution in [3.63, 3.8) is 0 Å². The molecule has 1 aromatic heterocycles. The van der Waals surface area contributed by atoms with Gasteiger partial charge >= 0.3 is 5.97 Å². The first kappa shape index (κ1) is 14.2. The van der Waals surface area contributed by atoms with E-state index in [1.165, 1.54) is 6.07 Å². The number of nitrogens with zero attached hydrogens (tertiary/aromatic N) is 1. The highest BCUT2D eigenvalue weighted by Gasteiger charge is 2.28. The van der Waals surface area contributed by atoms with Gasteiger partial charge in [-0.2, -0.15) is 0 Å². The predicted molar refractivity (Wildman–Crippen MR) is 70.5 cm³/mol. The van der Waals surface area contributed by atoms with Gasteiger partial charge in [-0.15, -0.1) is 11.3 Å². The van der Waals surface area contributed by atoms with Gasteiger partial charge in [0.2, 0.25) is 17.7 Å². The minimum absolute atomic E-state index is 0.0239. The predicted octanol–water partition coefficient (Wildman–Crippen LogP) is 0.924. The van der Waals surface area contributed by atoms with E-state index in [1.54, 1.807) is 5.38 Å². The number of carbonyl (C=O) groups is 4. The van der Waals surface area contributed by atoms with Gasteiger partial charge < -0.3 is 10.4 Å². The van der Waals surface area contributed by atoms with Crippen LogP contribution in [-0.4, -0.2) is 40.2 Å². The molecule has 1 aliphatic rings. The number of carbonyl (C=O) groups excluding carboxylic acids is 3. The van der Waals surface area contributed by atoms with Crippen LogP contribution in [0.5, 0.6) is 0 Å². The number of amides is 3. The summed E-state index contributed by atoms with van der Waals surface area (Å²) in [5, 5.41) is 12.9. The molecule has 7 nitrogen and oxygen atoms in total. The normalized spacial score (nSPS) is 14.7. The molecule has 0 spiro atoms. The van der Waals surface area contributed by atoms with Gasteiger partial charge in [-0.05, 0) is 11.4 Å². The Balaban J connectivity index is 1.90. The number of hydrogen-bond donors (Lipinski definition) is 2. The van der Waals surface area contributed by atoms with Crippen LogP contribution >= 0.6 is 11.3 Å². The molecule has 20 heavy (non-hydrogen) atoms. The molecule has 1 fully saturated rings. The second-order valence-electron chi connectivity index (χ2n) is 4.21. The summed E-state index contributed by atoms with van der Waals surface area (Å²) < 4.78 is 0. The molecular formula is C12H12N2O5S. The van der Waals surface area contributed by atoms with E-state index in [2.05, 4.69) is 5.32 Å². The van der Waals surface area contributed by atoms with Gasteiger partial charge in [-0.3, -0.25) is 19.3 Å². The van der Waals surface area contributed by atoms with E-state index in [0.717, 1.165) is 16.2 Å². The van der Waals surface area contributed by atoms with Crippen molar-refractivity contribution in [1.82, 2.24) is 4.90 Å².